The summed E-state index contributed by atoms with van der Waals surface area (Å²) in [6, 6.07) is 17.2. The number of pyridine rings is 1. The number of rotatable bonds is 4. The maximum atomic E-state index is 13.1. The Hall–Kier alpha value is -3.12. The molecule has 0 spiro atoms. The predicted octanol–water partition coefficient (Wildman–Crippen LogP) is 4.67. The molecule has 1 aromatic carbocycles. The lowest BCUT2D eigenvalue weighted by Crippen LogP contribution is -2.35. The van der Waals surface area contributed by atoms with E-state index in [4.69, 9.17) is 0 Å². The Labute approximate surface area is 161 Å². The van der Waals surface area contributed by atoms with Crippen molar-refractivity contribution in [2.24, 2.45) is 0 Å². The number of carbonyl (C=O) groups is 1. The number of nitrogens with zero attached hydrogens (tertiary/aromatic N) is 3. The first-order valence-corrected chi connectivity index (χ1v) is 9.47. The van der Waals surface area contributed by atoms with Crippen molar-refractivity contribution in [3.05, 3.63) is 71.7 Å². The van der Waals surface area contributed by atoms with E-state index in [9.17, 15) is 4.79 Å². The summed E-state index contributed by atoms with van der Waals surface area (Å²) in [5.74, 6) is 0.890. The number of hydrogen-bond acceptors (Lipinski definition) is 5. The van der Waals surface area contributed by atoms with Crippen LogP contribution < -0.4 is 5.32 Å². The number of carbonyl (C=O) groups excluding carboxylic acids is 1. The highest BCUT2D eigenvalue weighted by Gasteiger charge is 2.30. The number of amides is 1. The molecule has 6 heteroatoms. The molecule has 5 nitrogen and oxygen atoms in total. The number of benzene rings is 1. The second kappa shape index (κ2) is 6.89. The zero-order chi connectivity index (χ0) is 18.9. The first kappa shape index (κ1) is 17.3. The summed E-state index contributed by atoms with van der Waals surface area (Å²) in [4.78, 5) is 27.4. The molecule has 0 aliphatic rings. The third-order valence-electron chi connectivity index (χ3n) is 4.51. The van der Waals surface area contributed by atoms with Gasteiger partial charge in [0, 0.05) is 6.20 Å². The molecule has 3 aromatic heterocycles. The highest BCUT2D eigenvalue weighted by molar-refractivity contribution is 7.16. The molecule has 1 N–H and O–H groups in total. The van der Waals surface area contributed by atoms with Crippen LogP contribution in [0.5, 0.6) is 0 Å². The molecule has 0 atom stereocenters. The van der Waals surface area contributed by atoms with Gasteiger partial charge >= 0.3 is 0 Å². The van der Waals surface area contributed by atoms with Gasteiger partial charge < -0.3 is 5.32 Å². The van der Waals surface area contributed by atoms with Crippen LogP contribution in [0.25, 0.3) is 21.7 Å². The minimum atomic E-state index is -0.695. The number of thiophene rings is 1. The lowest BCUT2D eigenvalue weighted by atomic mass is 9.84. The quantitative estimate of drug-likeness (QED) is 0.564. The molecule has 0 aliphatic carbocycles. The maximum absolute atomic E-state index is 13.1. The molecule has 0 fully saturated rings. The van der Waals surface area contributed by atoms with Crippen molar-refractivity contribution in [3.63, 3.8) is 0 Å². The number of aromatic nitrogens is 3. The van der Waals surface area contributed by atoms with E-state index >= 15 is 0 Å². The largest absolute Gasteiger partial charge is 0.309 e. The van der Waals surface area contributed by atoms with Gasteiger partial charge in [-0.2, -0.15) is 0 Å². The van der Waals surface area contributed by atoms with E-state index in [1.165, 1.54) is 11.3 Å². The van der Waals surface area contributed by atoms with E-state index < -0.39 is 5.41 Å². The highest BCUT2D eigenvalue weighted by Crippen LogP contribution is 2.30. The standard InChI is InChI=1S/C21H18N4OS/c1-21(2,14-8-4-3-5-9-14)20(26)25-17-15-11-13-27-19(15)24-18(23-17)16-10-6-7-12-22-16/h3-13H,1-2H3,(H,23,24,25,26). The molecule has 0 saturated carbocycles. The van der Waals surface area contributed by atoms with Crippen LogP contribution >= 0.6 is 11.3 Å². The van der Waals surface area contributed by atoms with Gasteiger partial charge in [-0.15, -0.1) is 11.3 Å². The fourth-order valence-electron chi connectivity index (χ4n) is 2.81. The average molecular weight is 374 g/mol. The van der Waals surface area contributed by atoms with Crippen LogP contribution in [0.3, 0.4) is 0 Å². The molecule has 3 heterocycles. The molecule has 0 aliphatic heterocycles. The van der Waals surface area contributed by atoms with Crippen molar-refractivity contribution in [1.29, 1.82) is 0 Å². The molecule has 134 valence electrons. The number of nitrogens with one attached hydrogen (secondary N) is 1. The molecule has 4 rings (SSSR count). The lowest BCUT2D eigenvalue weighted by Gasteiger charge is -2.24. The van der Waals surface area contributed by atoms with Crippen molar-refractivity contribution in [2.75, 3.05) is 5.32 Å². The van der Waals surface area contributed by atoms with Gasteiger partial charge in [-0.05, 0) is 43.0 Å². The number of fused-ring (bicyclic) bond motifs is 1. The predicted molar refractivity (Wildman–Crippen MR) is 109 cm³/mol. The topological polar surface area (TPSA) is 67.8 Å². The third kappa shape index (κ3) is 3.31. The highest BCUT2D eigenvalue weighted by atomic mass is 32.1. The van der Waals surface area contributed by atoms with Crippen LogP contribution in [0.1, 0.15) is 19.4 Å². The second-order valence-electron chi connectivity index (χ2n) is 6.70. The van der Waals surface area contributed by atoms with Crippen molar-refractivity contribution >= 4 is 33.3 Å². The van der Waals surface area contributed by atoms with Gasteiger partial charge in [0.1, 0.15) is 16.3 Å². The summed E-state index contributed by atoms with van der Waals surface area (Å²) in [6.07, 6.45) is 1.70. The second-order valence-corrected chi connectivity index (χ2v) is 7.59. The van der Waals surface area contributed by atoms with Crippen LogP contribution in [0, 0.1) is 0 Å². The zero-order valence-corrected chi connectivity index (χ0v) is 15.8. The van der Waals surface area contributed by atoms with Gasteiger partial charge in [0.05, 0.1) is 10.8 Å². The molecule has 0 unspecified atom stereocenters. The number of hydrogen-bond donors (Lipinski definition) is 1. The van der Waals surface area contributed by atoms with Crippen LogP contribution in [-0.2, 0) is 10.2 Å². The van der Waals surface area contributed by atoms with Crippen molar-refractivity contribution in [2.45, 2.75) is 19.3 Å². The van der Waals surface area contributed by atoms with Gasteiger partial charge in [-0.3, -0.25) is 9.78 Å². The van der Waals surface area contributed by atoms with E-state index in [-0.39, 0.29) is 5.91 Å². The van der Waals surface area contributed by atoms with Gasteiger partial charge in [-0.1, -0.05) is 36.4 Å². The van der Waals surface area contributed by atoms with Gasteiger partial charge in [-0.25, -0.2) is 9.97 Å². The van der Waals surface area contributed by atoms with Crippen LogP contribution in [0.15, 0.2) is 66.2 Å². The summed E-state index contributed by atoms with van der Waals surface area (Å²) < 4.78 is 0. The summed E-state index contributed by atoms with van der Waals surface area (Å²) in [6.45, 7) is 3.81. The Kier molecular flexibility index (Phi) is 4.41. The molecule has 1 amide bonds. The Morgan fingerprint density at radius 1 is 1.00 bits per heavy atom. The monoisotopic (exact) mass is 374 g/mol. The lowest BCUT2D eigenvalue weighted by molar-refractivity contribution is -0.120. The molecule has 0 bridgehead atoms. The Morgan fingerprint density at radius 2 is 1.78 bits per heavy atom. The first-order chi connectivity index (χ1) is 13.1. The molecule has 4 aromatic rings. The first-order valence-electron chi connectivity index (χ1n) is 8.59. The van der Waals surface area contributed by atoms with Crippen molar-refractivity contribution in [1.82, 2.24) is 15.0 Å². The van der Waals surface area contributed by atoms with Gasteiger partial charge in [0.2, 0.25) is 5.91 Å². The summed E-state index contributed by atoms with van der Waals surface area (Å²) in [5.41, 5.74) is 0.924. The van der Waals surface area contributed by atoms with E-state index in [0.717, 1.165) is 15.8 Å². The van der Waals surface area contributed by atoms with Crippen LogP contribution in [0.4, 0.5) is 5.82 Å². The Bertz CT molecular complexity index is 1090. The maximum Gasteiger partial charge on any atom is 0.235 e. The molecule has 0 saturated heterocycles. The normalized spacial score (nSPS) is 11.5. The fraction of sp³-hybridized carbons (Fsp3) is 0.143. The Balaban J connectivity index is 1.73. The van der Waals surface area contributed by atoms with E-state index in [2.05, 4.69) is 20.3 Å². The third-order valence-corrected chi connectivity index (χ3v) is 5.32. The molecular formula is C21H18N4OS. The van der Waals surface area contributed by atoms with E-state index in [1.807, 2.05) is 73.8 Å². The summed E-state index contributed by atoms with van der Waals surface area (Å²) >= 11 is 1.51. The summed E-state index contributed by atoms with van der Waals surface area (Å²) in [7, 11) is 0. The molecular weight excluding hydrogens is 356 g/mol. The smallest absolute Gasteiger partial charge is 0.235 e. The minimum absolute atomic E-state index is 0.119. The Morgan fingerprint density at radius 3 is 2.52 bits per heavy atom. The van der Waals surface area contributed by atoms with Crippen molar-refractivity contribution < 1.29 is 4.79 Å². The number of anilines is 1. The zero-order valence-electron chi connectivity index (χ0n) is 15.0. The van der Waals surface area contributed by atoms with E-state index in [0.29, 0.717) is 17.3 Å². The van der Waals surface area contributed by atoms with Gasteiger partial charge in [0.15, 0.2) is 5.82 Å². The van der Waals surface area contributed by atoms with Crippen molar-refractivity contribution in [3.8, 4) is 11.5 Å². The SMILES string of the molecule is CC(C)(C(=O)Nc1nc(-c2ccccn2)nc2sccc12)c1ccccc1. The van der Waals surface area contributed by atoms with Crippen LogP contribution in [0.2, 0.25) is 0 Å². The molecule has 0 radical (unpaired) electrons. The van der Waals surface area contributed by atoms with Gasteiger partial charge in [0.25, 0.3) is 0 Å². The molecule has 27 heavy (non-hydrogen) atoms. The summed E-state index contributed by atoms with van der Waals surface area (Å²) in [5, 5.41) is 5.78. The minimum Gasteiger partial charge on any atom is -0.309 e. The fourth-order valence-corrected chi connectivity index (χ4v) is 3.57. The average Bonchev–Trinajstić information content (AvgIpc) is 3.18. The van der Waals surface area contributed by atoms with Crippen LogP contribution in [-0.4, -0.2) is 20.9 Å². The van der Waals surface area contributed by atoms with E-state index in [1.54, 1.807) is 6.20 Å².